The Balaban J connectivity index is 2.10. The van der Waals surface area contributed by atoms with Crippen LogP contribution in [0, 0.1) is 0 Å². The Bertz CT molecular complexity index is 436. The van der Waals surface area contributed by atoms with Crippen molar-refractivity contribution in [3.63, 3.8) is 0 Å². The van der Waals surface area contributed by atoms with Crippen molar-refractivity contribution < 1.29 is 14.3 Å². The van der Waals surface area contributed by atoms with Crippen molar-refractivity contribution in [2.24, 2.45) is 0 Å². The number of hydrogen-bond donors (Lipinski definition) is 1. The van der Waals surface area contributed by atoms with E-state index in [1.54, 1.807) is 14.2 Å². The van der Waals surface area contributed by atoms with Gasteiger partial charge in [-0.15, -0.1) is 0 Å². The summed E-state index contributed by atoms with van der Waals surface area (Å²) in [5.74, 6) is 0.930. The first-order valence-electron chi connectivity index (χ1n) is 6.42. The van der Waals surface area contributed by atoms with Gasteiger partial charge in [0.05, 0.1) is 13.7 Å². The first-order chi connectivity index (χ1) is 9.26. The van der Waals surface area contributed by atoms with Crippen LogP contribution in [0.15, 0.2) is 24.3 Å². The molecule has 0 spiro atoms. The highest BCUT2D eigenvalue weighted by molar-refractivity contribution is 5.80. The average molecular weight is 264 g/mol. The van der Waals surface area contributed by atoms with E-state index in [2.05, 4.69) is 5.32 Å². The summed E-state index contributed by atoms with van der Waals surface area (Å²) >= 11 is 0. The number of ether oxygens (including phenoxy) is 2. The van der Waals surface area contributed by atoms with Crippen molar-refractivity contribution in [1.29, 1.82) is 0 Å². The zero-order valence-electron chi connectivity index (χ0n) is 11.4. The smallest absolute Gasteiger partial charge is 0.238 e. The third-order valence-corrected chi connectivity index (χ3v) is 3.24. The number of amides is 1. The molecule has 1 aliphatic heterocycles. The second-order valence-corrected chi connectivity index (χ2v) is 4.49. The largest absolute Gasteiger partial charge is 0.497 e. The van der Waals surface area contributed by atoms with Gasteiger partial charge in [-0.25, -0.2) is 0 Å². The van der Waals surface area contributed by atoms with Gasteiger partial charge in [0.25, 0.3) is 0 Å². The highest BCUT2D eigenvalue weighted by Crippen LogP contribution is 2.25. The van der Waals surface area contributed by atoms with E-state index in [4.69, 9.17) is 9.47 Å². The summed E-state index contributed by atoms with van der Waals surface area (Å²) in [4.78, 5) is 13.8. The van der Waals surface area contributed by atoms with Crippen molar-refractivity contribution in [3.8, 4) is 5.75 Å². The molecule has 104 valence electrons. The SMILES string of the molecule is COCCCN1C(=O)CNC1c1cccc(OC)c1. The number of rotatable bonds is 6. The molecule has 0 aliphatic carbocycles. The number of nitrogens with one attached hydrogen (secondary N) is 1. The van der Waals surface area contributed by atoms with Gasteiger partial charge in [-0.05, 0) is 24.1 Å². The van der Waals surface area contributed by atoms with Crippen LogP contribution >= 0.6 is 0 Å². The maximum absolute atomic E-state index is 11.9. The van der Waals surface area contributed by atoms with Gasteiger partial charge in [0.2, 0.25) is 5.91 Å². The molecule has 0 aromatic heterocycles. The first-order valence-corrected chi connectivity index (χ1v) is 6.42. The molecule has 0 bridgehead atoms. The maximum Gasteiger partial charge on any atom is 0.238 e. The number of benzene rings is 1. The molecular weight excluding hydrogens is 244 g/mol. The van der Waals surface area contributed by atoms with Gasteiger partial charge in [-0.2, -0.15) is 0 Å². The Morgan fingerprint density at radius 3 is 3.00 bits per heavy atom. The van der Waals surface area contributed by atoms with Crippen LogP contribution in [0.3, 0.4) is 0 Å². The molecule has 1 amide bonds. The molecule has 1 atom stereocenters. The topological polar surface area (TPSA) is 50.8 Å². The minimum absolute atomic E-state index is 0.0699. The van der Waals surface area contributed by atoms with Crippen LogP contribution in [0.5, 0.6) is 5.75 Å². The molecule has 5 nitrogen and oxygen atoms in total. The Kier molecular flexibility index (Phi) is 4.76. The lowest BCUT2D eigenvalue weighted by Crippen LogP contribution is -2.31. The highest BCUT2D eigenvalue weighted by Gasteiger charge is 2.31. The molecule has 1 heterocycles. The Labute approximate surface area is 113 Å². The summed E-state index contributed by atoms with van der Waals surface area (Å²) in [6.45, 7) is 1.74. The fraction of sp³-hybridized carbons (Fsp3) is 0.500. The summed E-state index contributed by atoms with van der Waals surface area (Å²) in [5, 5.41) is 3.23. The number of carbonyl (C=O) groups is 1. The van der Waals surface area contributed by atoms with Crippen molar-refractivity contribution >= 4 is 5.91 Å². The quantitative estimate of drug-likeness (QED) is 0.783. The molecule has 19 heavy (non-hydrogen) atoms. The van der Waals surface area contributed by atoms with E-state index in [9.17, 15) is 4.79 Å². The van der Waals surface area contributed by atoms with Crippen molar-refractivity contribution in [2.75, 3.05) is 33.9 Å². The van der Waals surface area contributed by atoms with Crippen LogP contribution in [0.4, 0.5) is 0 Å². The lowest BCUT2D eigenvalue weighted by molar-refractivity contribution is -0.128. The predicted molar refractivity (Wildman–Crippen MR) is 71.9 cm³/mol. The number of carbonyl (C=O) groups excluding carboxylic acids is 1. The molecule has 1 aliphatic rings. The van der Waals surface area contributed by atoms with Crippen LogP contribution in [0.1, 0.15) is 18.2 Å². The zero-order chi connectivity index (χ0) is 13.7. The lowest BCUT2D eigenvalue weighted by Gasteiger charge is -2.24. The van der Waals surface area contributed by atoms with E-state index < -0.39 is 0 Å². The van der Waals surface area contributed by atoms with Crippen molar-refractivity contribution in [1.82, 2.24) is 10.2 Å². The second kappa shape index (κ2) is 6.54. The number of hydrogen-bond acceptors (Lipinski definition) is 4. The highest BCUT2D eigenvalue weighted by atomic mass is 16.5. The normalized spacial score (nSPS) is 18.9. The molecule has 0 saturated carbocycles. The average Bonchev–Trinajstić information content (AvgIpc) is 2.81. The maximum atomic E-state index is 11.9. The van der Waals surface area contributed by atoms with Gasteiger partial charge in [-0.1, -0.05) is 12.1 Å². The fourth-order valence-electron chi connectivity index (χ4n) is 2.28. The summed E-state index contributed by atoms with van der Waals surface area (Å²) in [6, 6.07) is 7.79. The van der Waals surface area contributed by atoms with E-state index in [1.165, 1.54) is 0 Å². The van der Waals surface area contributed by atoms with E-state index in [1.807, 2.05) is 29.2 Å². The van der Waals surface area contributed by atoms with Crippen molar-refractivity contribution in [3.05, 3.63) is 29.8 Å². The summed E-state index contributed by atoms with van der Waals surface area (Å²) < 4.78 is 10.3. The standard InChI is InChI=1S/C14H20N2O3/c1-18-8-4-7-16-13(17)10-15-14(16)11-5-3-6-12(9-11)19-2/h3,5-6,9,14-15H,4,7-8,10H2,1-2H3. The Morgan fingerprint density at radius 2 is 2.26 bits per heavy atom. The predicted octanol–water partition coefficient (Wildman–Crippen LogP) is 1.16. The molecule has 1 saturated heterocycles. The second-order valence-electron chi connectivity index (χ2n) is 4.49. The zero-order valence-corrected chi connectivity index (χ0v) is 11.4. The van der Waals surface area contributed by atoms with E-state index in [0.717, 1.165) is 17.7 Å². The van der Waals surface area contributed by atoms with E-state index in [-0.39, 0.29) is 12.1 Å². The third kappa shape index (κ3) is 3.24. The molecule has 5 heteroatoms. The molecule has 0 radical (unpaired) electrons. The van der Waals surface area contributed by atoms with Gasteiger partial charge < -0.3 is 14.4 Å². The lowest BCUT2D eigenvalue weighted by atomic mass is 10.1. The molecule has 2 rings (SSSR count). The minimum Gasteiger partial charge on any atom is -0.497 e. The fourth-order valence-corrected chi connectivity index (χ4v) is 2.28. The van der Waals surface area contributed by atoms with Crippen LogP contribution in [0.2, 0.25) is 0 Å². The summed E-state index contributed by atoms with van der Waals surface area (Å²) in [6.07, 6.45) is 0.768. The molecule has 1 N–H and O–H groups in total. The molecule has 1 aromatic carbocycles. The van der Waals surface area contributed by atoms with E-state index in [0.29, 0.717) is 19.7 Å². The van der Waals surface area contributed by atoms with E-state index >= 15 is 0 Å². The monoisotopic (exact) mass is 264 g/mol. The van der Waals surface area contributed by atoms with Crippen LogP contribution < -0.4 is 10.1 Å². The van der Waals surface area contributed by atoms with Crippen molar-refractivity contribution in [2.45, 2.75) is 12.6 Å². The summed E-state index contributed by atoms with van der Waals surface area (Å²) in [5.41, 5.74) is 1.04. The summed E-state index contributed by atoms with van der Waals surface area (Å²) in [7, 11) is 3.31. The van der Waals surface area contributed by atoms with Gasteiger partial charge >= 0.3 is 0 Å². The van der Waals surface area contributed by atoms with Gasteiger partial charge in [0, 0.05) is 20.3 Å². The van der Waals surface area contributed by atoms with Gasteiger partial charge in [0.1, 0.15) is 11.9 Å². The number of nitrogens with zero attached hydrogens (tertiary/aromatic N) is 1. The Morgan fingerprint density at radius 1 is 1.42 bits per heavy atom. The first kappa shape index (κ1) is 13.8. The number of methoxy groups -OCH3 is 2. The molecule has 1 aromatic rings. The molecule has 1 unspecified atom stereocenters. The third-order valence-electron chi connectivity index (χ3n) is 3.24. The molecular formula is C14H20N2O3. The van der Waals surface area contributed by atoms with Crippen LogP contribution in [-0.2, 0) is 9.53 Å². The minimum atomic E-state index is -0.0699. The van der Waals surface area contributed by atoms with Crippen LogP contribution in [0.25, 0.3) is 0 Å². The Hall–Kier alpha value is -1.59. The van der Waals surface area contributed by atoms with Gasteiger partial charge in [-0.3, -0.25) is 10.1 Å². The van der Waals surface area contributed by atoms with Crippen LogP contribution in [-0.4, -0.2) is 44.7 Å². The van der Waals surface area contributed by atoms with Gasteiger partial charge in [0.15, 0.2) is 0 Å². The molecule has 1 fully saturated rings.